The molecule has 0 aliphatic rings. The number of fused-ring (bicyclic) bond motifs is 7. The van der Waals surface area contributed by atoms with E-state index < -0.39 is 0 Å². The summed E-state index contributed by atoms with van der Waals surface area (Å²) in [5.41, 5.74) is 11.0. The average Bonchev–Trinajstić information content (AvgIpc) is 3.98. The molecule has 3 aromatic heterocycles. The number of nitrogens with zero attached hydrogens (tertiary/aromatic N) is 5. The van der Waals surface area contributed by atoms with Crippen molar-refractivity contribution in [2.75, 3.05) is 0 Å². The Kier molecular flexibility index (Phi) is 11.0. The minimum absolute atomic E-state index is 0.0564. The molecular weight excluding hydrogens is 863 g/mol. The summed E-state index contributed by atoms with van der Waals surface area (Å²) in [6.07, 6.45) is 0. The van der Waals surface area contributed by atoms with Gasteiger partial charge < -0.3 is 4.57 Å². The van der Waals surface area contributed by atoms with Gasteiger partial charge in [-0.25, -0.2) is 4.98 Å². The van der Waals surface area contributed by atoms with E-state index >= 15 is 0 Å². The van der Waals surface area contributed by atoms with Crippen LogP contribution in [0.3, 0.4) is 0 Å². The summed E-state index contributed by atoms with van der Waals surface area (Å²) in [7, 11) is 69.9. The standard InChI is InChI=1S/C57H27B10N5/c58-41-39-37-43(60)45(62)47(64)49(66)51(37)71(36-21-11-20-35(27-36)34-19-10-18-33(26-34)29-14-6-2-7-15-29)53(39)54-40(42(41)59)38-44(61)46(63)48(65)50(67)52(38)72(54)57-69-55(31-16-8-3-9-17-31)68-56(70-57)32-24-22-30(23-25-32)28-12-4-1-5-13-28/h1-27H. The summed E-state index contributed by atoms with van der Waals surface area (Å²) in [5.74, 6) is 0.880. The molecule has 0 bridgehead atoms. The van der Waals surface area contributed by atoms with Gasteiger partial charge in [0.05, 0.1) is 11.0 Å². The molecule has 0 spiro atoms. The molecule has 0 unspecified atom stereocenters. The molecule has 5 nitrogen and oxygen atoms in total. The van der Waals surface area contributed by atoms with Crippen LogP contribution in [-0.4, -0.2) is 103 Å². The Balaban J connectivity index is 1.25. The highest BCUT2D eigenvalue weighted by molar-refractivity contribution is 6.71. The van der Waals surface area contributed by atoms with Crippen LogP contribution in [0.25, 0.3) is 111 Å². The van der Waals surface area contributed by atoms with Crippen molar-refractivity contribution in [2.45, 2.75) is 0 Å². The fourth-order valence-electron chi connectivity index (χ4n) is 10.1. The molecule has 0 atom stereocenters. The van der Waals surface area contributed by atoms with Crippen LogP contribution in [0.2, 0.25) is 0 Å². The fraction of sp³-hybridized carbons (Fsp3) is 0. The van der Waals surface area contributed by atoms with Crippen LogP contribution in [0, 0.1) is 0 Å². The van der Waals surface area contributed by atoms with Crippen LogP contribution < -0.4 is 54.6 Å². The molecule has 9 aromatic carbocycles. The summed E-state index contributed by atoms with van der Waals surface area (Å²) < 4.78 is 3.76. The lowest BCUT2D eigenvalue weighted by atomic mass is 9.64. The monoisotopic (exact) mass is 891 g/mol. The molecule has 0 saturated heterocycles. The van der Waals surface area contributed by atoms with Crippen molar-refractivity contribution in [3.05, 3.63) is 164 Å². The van der Waals surface area contributed by atoms with E-state index in [1.807, 2.05) is 120 Å². The van der Waals surface area contributed by atoms with Crippen molar-refractivity contribution in [1.82, 2.24) is 24.1 Å². The highest BCUT2D eigenvalue weighted by atomic mass is 15.2. The number of hydrogen-bond donors (Lipinski definition) is 0. The van der Waals surface area contributed by atoms with E-state index in [1.54, 1.807) is 4.57 Å². The summed E-state index contributed by atoms with van der Waals surface area (Å²) >= 11 is 0. The predicted octanol–water partition coefficient (Wildman–Crippen LogP) is 2.34. The van der Waals surface area contributed by atoms with Crippen molar-refractivity contribution in [1.29, 1.82) is 0 Å². The number of rotatable bonds is 7. The lowest BCUT2D eigenvalue weighted by molar-refractivity contribution is 0.955. The molecule has 3 heterocycles. The van der Waals surface area contributed by atoms with E-state index in [2.05, 4.69) is 48.5 Å². The summed E-state index contributed by atoms with van der Waals surface area (Å²) in [4.78, 5) is 15.6. The maximum Gasteiger partial charge on any atom is 0.238 e. The molecule has 15 heteroatoms. The lowest BCUT2D eigenvalue weighted by Gasteiger charge is -2.18. The Morgan fingerprint density at radius 3 is 1.11 bits per heavy atom. The summed E-state index contributed by atoms with van der Waals surface area (Å²) in [5, 5.41) is 1.63. The van der Waals surface area contributed by atoms with Gasteiger partial charge in [-0.15, -0.1) is 21.9 Å². The Bertz CT molecular complexity index is 4200. The van der Waals surface area contributed by atoms with E-state index in [4.69, 9.17) is 93.4 Å². The highest BCUT2D eigenvalue weighted by Gasteiger charge is 2.30. The molecule has 12 rings (SSSR count). The maximum absolute atomic E-state index is 7.31. The lowest BCUT2D eigenvalue weighted by Crippen LogP contribution is -2.48. The Morgan fingerprint density at radius 1 is 0.250 bits per heavy atom. The minimum Gasteiger partial charge on any atom is -0.308 e. The zero-order valence-electron chi connectivity index (χ0n) is 38.6. The molecule has 72 heavy (non-hydrogen) atoms. The normalized spacial score (nSPS) is 11.6. The molecule has 0 amide bonds. The van der Waals surface area contributed by atoms with Crippen molar-refractivity contribution in [3.8, 4) is 67.8 Å². The van der Waals surface area contributed by atoms with Gasteiger partial charge in [0.15, 0.2) is 11.6 Å². The average molecular weight is 890 g/mol. The number of benzene rings is 9. The van der Waals surface area contributed by atoms with Crippen LogP contribution in [0.4, 0.5) is 0 Å². The van der Waals surface area contributed by atoms with Gasteiger partial charge in [0.2, 0.25) is 5.95 Å². The molecule has 0 fully saturated rings. The smallest absolute Gasteiger partial charge is 0.238 e. The van der Waals surface area contributed by atoms with Crippen LogP contribution in [0.5, 0.6) is 0 Å². The van der Waals surface area contributed by atoms with Gasteiger partial charge in [0.1, 0.15) is 78.5 Å². The zero-order valence-corrected chi connectivity index (χ0v) is 38.6. The van der Waals surface area contributed by atoms with Crippen molar-refractivity contribution in [3.63, 3.8) is 0 Å². The Labute approximate surface area is 430 Å². The van der Waals surface area contributed by atoms with Crippen LogP contribution >= 0.6 is 0 Å². The third-order valence-corrected chi connectivity index (χ3v) is 13.7. The van der Waals surface area contributed by atoms with Gasteiger partial charge in [0.25, 0.3) is 0 Å². The number of hydrogen-bond acceptors (Lipinski definition) is 3. The van der Waals surface area contributed by atoms with Crippen LogP contribution in [-0.2, 0) is 0 Å². The van der Waals surface area contributed by atoms with Gasteiger partial charge in [0, 0.05) is 38.6 Å². The van der Waals surface area contributed by atoms with Crippen molar-refractivity contribution < 1.29 is 0 Å². The highest BCUT2D eigenvalue weighted by Crippen LogP contribution is 2.39. The first-order valence-corrected chi connectivity index (χ1v) is 23.0. The fourth-order valence-corrected chi connectivity index (χ4v) is 10.1. The first-order valence-electron chi connectivity index (χ1n) is 23.0. The van der Waals surface area contributed by atoms with Crippen molar-refractivity contribution >= 4 is 177 Å². The Morgan fingerprint density at radius 2 is 0.583 bits per heavy atom. The molecule has 12 aromatic rings. The second kappa shape index (κ2) is 17.5. The SMILES string of the molecule is [B]c1c([B])c([B])c2c(c1[B])c1c([B])c([B])c3c4c([B])c([B])c([B])c([B])c4n(-c4nc(-c5ccccc5)nc(-c5ccc(-c6ccccc6)cc5)n4)c3c1n2-c1cccc(-c2cccc(-c3ccccc3)c2)c1. The van der Waals surface area contributed by atoms with Gasteiger partial charge in [-0.05, 0) is 62.4 Å². The van der Waals surface area contributed by atoms with Gasteiger partial charge in [-0.2, -0.15) is 9.97 Å². The molecule has 310 valence electrons. The third-order valence-electron chi connectivity index (χ3n) is 13.7. The van der Waals surface area contributed by atoms with E-state index in [9.17, 15) is 0 Å². The first kappa shape index (κ1) is 45.4. The van der Waals surface area contributed by atoms with Crippen LogP contribution in [0.15, 0.2) is 164 Å². The molecule has 0 aliphatic heterocycles. The van der Waals surface area contributed by atoms with Crippen molar-refractivity contribution in [2.24, 2.45) is 0 Å². The third kappa shape index (κ3) is 7.03. The molecular formula is C57H27B10N5. The van der Waals surface area contributed by atoms with Gasteiger partial charge in [-0.1, -0.05) is 178 Å². The maximum atomic E-state index is 7.31. The van der Waals surface area contributed by atoms with Crippen LogP contribution in [0.1, 0.15) is 0 Å². The summed E-state index contributed by atoms with van der Waals surface area (Å²) in [6, 6.07) is 54.3. The quantitative estimate of drug-likeness (QED) is 0.231. The summed E-state index contributed by atoms with van der Waals surface area (Å²) in [6.45, 7) is 0. The van der Waals surface area contributed by atoms with Gasteiger partial charge in [-0.3, -0.25) is 4.57 Å². The second-order valence-electron chi connectivity index (χ2n) is 17.8. The molecule has 0 aliphatic carbocycles. The molecule has 0 N–H and O–H groups in total. The predicted molar refractivity (Wildman–Crippen MR) is 310 cm³/mol. The molecule has 20 radical (unpaired) electrons. The first-order chi connectivity index (χ1) is 34.9. The zero-order chi connectivity index (χ0) is 49.7. The largest absolute Gasteiger partial charge is 0.308 e. The molecule has 0 saturated carbocycles. The number of aromatic nitrogens is 5. The van der Waals surface area contributed by atoms with E-state index in [0.29, 0.717) is 60.9 Å². The Hall–Kier alpha value is -7.76. The topological polar surface area (TPSA) is 48.5 Å². The van der Waals surface area contributed by atoms with E-state index in [1.165, 1.54) is 0 Å². The van der Waals surface area contributed by atoms with E-state index in [0.717, 1.165) is 44.5 Å². The van der Waals surface area contributed by atoms with E-state index in [-0.39, 0.29) is 60.6 Å². The van der Waals surface area contributed by atoms with Gasteiger partial charge >= 0.3 is 0 Å². The minimum atomic E-state index is 0.0564. The second-order valence-corrected chi connectivity index (χ2v) is 17.8.